The van der Waals surface area contributed by atoms with E-state index < -0.39 is 0 Å². The van der Waals surface area contributed by atoms with Crippen molar-refractivity contribution in [3.05, 3.63) is 59.1 Å². The molecule has 0 radical (unpaired) electrons. The lowest BCUT2D eigenvalue weighted by molar-refractivity contribution is -0.117. The Kier molecular flexibility index (Phi) is 4.81. The van der Waals surface area contributed by atoms with E-state index in [4.69, 9.17) is 16.3 Å². The SMILES string of the molecule is COc1ccc(NC(=O)C2CC(c3ccc(Cl)cc3)NN2)cc1. The monoisotopic (exact) mass is 331 g/mol. The first-order chi connectivity index (χ1) is 11.2. The molecule has 23 heavy (non-hydrogen) atoms. The van der Waals surface area contributed by atoms with E-state index >= 15 is 0 Å². The Balaban J connectivity index is 1.59. The van der Waals surface area contributed by atoms with E-state index in [-0.39, 0.29) is 18.0 Å². The lowest BCUT2D eigenvalue weighted by Gasteiger charge is -2.11. The molecule has 1 fully saturated rings. The van der Waals surface area contributed by atoms with Crippen molar-refractivity contribution in [1.29, 1.82) is 0 Å². The largest absolute Gasteiger partial charge is 0.497 e. The fraction of sp³-hybridized carbons (Fsp3) is 0.235. The van der Waals surface area contributed by atoms with Crippen molar-refractivity contribution < 1.29 is 9.53 Å². The lowest BCUT2D eigenvalue weighted by atomic mass is 10.0. The Bertz CT molecular complexity index is 673. The first kappa shape index (κ1) is 15.8. The molecule has 1 heterocycles. The predicted octanol–water partition coefficient (Wildman–Crippen LogP) is 2.89. The average Bonchev–Trinajstić information content (AvgIpc) is 3.06. The maximum absolute atomic E-state index is 12.3. The number of benzene rings is 2. The van der Waals surface area contributed by atoms with Gasteiger partial charge in [0.2, 0.25) is 5.91 Å². The maximum Gasteiger partial charge on any atom is 0.242 e. The maximum atomic E-state index is 12.3. The van der Waals surface area contributed by atoms with Crippen LogP contribution in [0.3, 0.4) is 0 Å². The lowest BCUT2D eigenvalue weighted by Crippen LogP contribution is -2.39. The number of hydrogen-bond acceptors (Lipinski definition) is 4. The molecule has 3 N–H and O–H groups in total. The van der Waals surface area contributed by atoms with Gasteiger partial charge in [-0.25, -0.2) is 10.9 Å². The van der Waals surface area contributed by atoms with Crippen LogP contribution in [0.5, 0.6) is 5.75 Å². The van der Waals surface area contributed by atoms with Crippen LogP contribution in [0.25, 0.3) is 0 Å². The number of amides is 1. The topological polar surface area (TPSA) is 62.4 Å². The molecule has 1 aliphatic heterocycles. The van der Waals surface area contributed by atoms with Gasteiger partial charge in [-0.2, -0.15) is 0 Å². The Hall–Kier alpha value is -2.08. The average molecular weight is 332 g/mol. The Morgan fingerprint density at radius 3 is 2.48 bits per heavy atom. The number of methoxy groups -OCH3 is 1. The molecule has 3 rings (SSSR count). The summed E-state index contributed by atoms with van der Waals surface area (Å²) in [6.45, 7) is 0. The second kappa shape index (κ2) is 7.00. The quantitative estimate of drug-likeness (QED) is 0.806. The molecule has 1 saturated heterocycles. The van der Waals surface area contributed by atoms with E-state index in [2.05, 4.69) is 16.2 Å². The van der Waals surface area contributed by atoms with Crippen molar-refractivity contribution in [2.24, 2.45) is 0 Å². The standard InChI is InChI=1S/C17H18ClN3O2/c1-23-14-8-6-13(7-9-14)19-17(22)16-10-15(20-21-16)11-2-4-12(18)5-3-11/h2-9,15-16,20-21H,10H2,1H3,(H,19,22). The third kappa shape index (κ3) is 3.82. The van der Waals surface area contributed by atoms with Crippen LogP contribution in [-0.2, 0) is 4.79 Å². The summed E-state index contributed by atoms with van der Waals surface area (Å²) in [6, 6.07) is 14.7. The summed E-state index contributed by atoms with van der Waals surface area (Å²) in [7, 11) is 1.61. The van der Waals surface area contributed by atoms with Gasteiger partial charge in [0, 0.05) is 16.8 Å². The summed E-state index contributed by atoms with van der Waals surface area (Å²) in [6.07, 6.45) is 0.670. The molecule has 0 aromatic heterocycles. The normalized spacial score (nSPS) is 20.3. The highest BCUT2D eigenvalue weighted by molar-refractivity contribution is 6.30. The van der Waals surface area contributed by atoms with Crippen molar-refractivity contribution in [3.63, 3.8) is 0 Å². The second-order valence-corrected chi connectivity index (χ2v) is 5.84. The molecule has 0 aliphatic carbocycles. The third-order valence-corrected chi connectivity index (χ3v) is 4.10. The minimum absolute atomic E-state index is 0.0702. The highest BCUT2D eigenvalue weighted by Crippen LogP contribution is 2.24. The number of nitrogens with one attached hydrogen (secondary N) is 3. The van der Waals surface area contributed by atoms with Crippen LogP contribution in [0.15, 0.2) is 48.5 Å². The van der Waals surface area contributed by atoms with E-state index in [1.54, 1.807) is 7.11 Å². The van der Waals surface area contributed by atoms with Crippen LogP contribution >= 0.6 is 11.6 Å². The van der Waals surface area contributed by atoms with Crippen LogP contribution in [-0.4, -0.2) is 19.1 Å². The minimum atomic E-state index is -0.294. The predicted molar refractivity (Wildman–Crippen MR) is 90.5 cm³/mol. The molecule has 2 unspecified atom stereocenters. The zero-order valence-electron chi connectivity index (χ0n) is 12.7. The molecule has 2 atom stereocenters. The van der Waals surface area contributed by atoms with Gasteiger partial charge in [-0.05, 0) is 48.4 Å². The van der Waals surface area contributed by atoms with Gasteiger partial charge in [0.05, 0.1) is 7.11 Å². The number of carbonyl (C=O) groups excluding carboxylic acids is 1. The van der Waals surface area contributed by atoms with E-state index in [0.29, 0.717) is 11.4 Å². The summed E-state index contributed by atoms with van der Waals surface area (Å²) >= 11 is 5.90. The molecule has 5 nitrogen and oxygen atoms in total. The van der Waals surface area contributed by atoms with Crippen molar-refractivity contribution in [2.75, 3.05) is 12.4 Å². The van der Waals surface area contributed by atoms with Crippen LogP contribution in [0, 0.1) is 0 Å². The van der Waals surface area contributed by atoms with Crippen molar-refractivity contribution in [3.8, 4) is 5.75 Å². The summed E-state index contributed by atoms with van der Waals surface area (Å²) in [5.41, 5.74) is 8.04. The third-order valence-electron chi connectivity index (χ3n) is 3.85. The summed E-state index contributed by atoms with van der Waals surface area (Å²) < 4.78 is 5.10. The van der Waals surface area contributed by atoms with E-state index in [1.165, 1.54) is 0 Å². The van der Waals surface area contributed by atoms with Crippen molar-refractivity contribution in [2.45, 2.75) is 18.5 Å². The van der Waals surface area contributed by atoms with Crippen LogP contribution in [0.4, 0.5) is 5.69 Å². The molecule has 1 aliphatic rings. The summed E-state index contributed by atoms with van der Waals surface area (Å²) in [5.74, 6) is 0.686. The molecule has 0 saturated carbocycles. The fourth-order valence-corrected chi connectivity index (χ4v) is 2.67. The minimum Gasteiger partial charge on any atom is -0.497 e. The number of carbonyl (C=O) groups is 1. The highest BCUT2D eigenvalue weighted by atomic mass is 35.5. The fourth-order valence-electron chi connectivity index (χ4n) is 2.55. The summed E-state index contributed by atoms with van der Waals surface area (Å²) in [4.78, 5) is 12.3. The second-order valence-electron chi connectivity index (χ2n) is 5.40. The first-order valence-corrected chi connectivity index (χ1v) is 7.75. The summed E-state index contributed by atoms with van der Waals surface area (Å²) in [5, 5.41) is 3.60. The smallest absolute Gasteiger partial charge is 0.242 e. The Labute approximate surface area is 140 Å². The molecular formula is C17H18ClN3O2. The van der Waals surface area contributed by atoms with Gasteiger partial charge in [0.25, 0.3) is 0 Å². The van der Waals surface area contributed by atoms with E-state index in [0.717, 1.165) is 17.0 Å². The number of halogens is 1. The first-order valence-electron chi connectivity index (χ1n) is 7.37. The van der Waals surface area contributed by atoms with Crippen LogP contribution in [0.2, 0.25) is 5.02 Å². The number of ether oxygens (including phenoxy) is 1. The van der Waals surface area contributed by atoms with Gasteiger partial charge in [-0.3, -0.25) is 4.79 Å². The van der Waals surface area contributed by atoms with Gasteiger partial charge < -0.3 is 10.1 Å². The van der Waals surface area contributed by atoms with Gasteiger partial charge >= 0.3 is 0 Å². The Morgan fingerprint density at radius 2 is 1.83 bits per heavy atom. The molecule has 6 heteroatoms. The van der Waals surface area contributed by atoms with Crippen molar-refractivity contribution in [1.82, 2.24) is 10.9 Å². The molecular weight excluding hydrogens is 314 g/mol. The van der Waals surface area contributed by atoms with Crippen LogP contribution < -0.4 is 20.9 Å². The number of hydrogen-bond donors (Lipinski definition) is 3. The van der Waals surface area contributed by atoms with Crippen LogP contribution in [0.1, 0.15) is 18.0 Å². The zero-order chi connectivity index (χ0) is 16.2. The molecule has 2 aromatic carbocycles. The Morgan fingerprint density at radius 1 is 1.13 bits per heavy atom. The van der Waals surface area contributed by atoms with E-state index in [9.17, 15) is 4.79 Å². The number of rotatable bonds is 4. The molecule has 0 spiro atoms. The number of anilines is 1. The molecule has 0 bridgehead atoms. The molecule has 120 valence electrons. The van der Waals surface area contributed by atoms with Gasteiger partial charge in [0.1, 0.15) is 11.8 Å². The van der Waals surface area contributed by atoms with Gasteiger partial charge in [0.15, 0.2) is 0 Å². The van der Waals surface area contributed by atoms with Gasteiger partial charge in [-0.15, -0.1) is 0 Å². The molecule has 1 amide bonds. The molecule has 2 aromatic rings. The number of hydrazine groups is 1. The zero-order valence-corrected chi connectivity index (χ0v) is 13.4. The van der Waals surface area contributed by atoms with Crippen molar-refractivity contribution >= 4 is 23.2 Å². The van der Waals surface area contributed by atoms with E-state index in [1.807, 2.05) is 48.5 Å². The highest BCUT2D eigenvalue weighted by Gasteiger charge is 2.30. The van der Waals surface area contributed by atoms with Gasteiger partial charge in [-0.1, -0.05) is 23.7 Å².